The van der Waals surface area contributed by atoms with E-state index in [9.17, 15) is 4.79 Å². The van der Waals surface area contributed by atoms with Gasteiger partial charge in [0, 0.05) is 17.6 Å². The molecule has 2 N–H and O–H groups in total. The molecule has 0 saturated carbocycles. The van der Waals surface area contributed by atoms with E-state index >= 15 is 0 Å². The summed E-state index contributed by atoms with van der Waals surface area (Å²) in [5.41, 5.74) is 2.97. The average Bonchev–Trinajstić information content (AvgIpc) is 2.69. The molecule has 28 heavy (non-hydrogen) atoms. The highest BCUT2D eigenvalue weighted by atomic mass is 35.5. The normalized spacial score (nSPS) is 18.8. The van der Waals surface area contributed by atoms with Crippen LogP contribution in [0.5, 0.6) is 5.75 Å². The highest BCUT2D eigenvalue weighted by Gasteiger charge is 2.24. The minimum Gasteiger partial charge on any atom is -0.497 e. The van der Waals surface area contributed by atoms with Gasteiger partial charge in [0.2, 0.25) is 5.91 Å². The number of carbonyl (C=O) groups excluding carboxylic acids is 1. The molecule has 3 rings (SSSR count). The van der Waals surface area contributed by atoms with Crippen LogP contribution in [0.3, 0.4) is 0 Å². The van der Waals surface area contributed by atoms with Gasteiger partial charge in [-0.25, -0.2) is 0 Å². The maximum atomic E-state index is 12.5. The van der Waals surface area contributed by atoms with Crippen molar-refractivity contribution in [2.75, 3.05) is 19.0 Å². The summed E-state index contributed by atoms with van der Waals surface area (Å²) in [7, 11) is 1.66. The number of carbonyl (C=O) groups is 1. The largest absolute Gasteiger partial charge is 0.497 e. The molecule has 1 saturated heterocycles. The third-order valence-electron chi connectivity index (χ3n) is 4.89. The number of nitrogens with one attached hydrogen (secondary N) is 2. The Balaban J connectivity index is 0.00000280. The zero-order chi connectivity index (χ0) is 19.1. The minimum absolute atomic E-state index is 0. The van der Waals surface area contributed by atoms with E-state index in [4.69, 9.17) is 9.47 Å². The van der Waals surface area contributed by atoms with Gasteiger partial charge in [-0.15, -0.1) is 12.4 Å². The van der Waals surface area contributed by atoms with Crippen molar-refractivity contribution in [1.29, 1.82) is 0 Å². The van der Waals surface area contributed by atoms with Gasteiger partial charge in [0.05, 0.1) is 20.3 Å². The fourth-order valence-electron chi connectivity index (χ4n) is 3.36. The second-order valence-electron chi connectivity index (χ2n) is 7.11. The van der Waals surface area contributed by atoms with Crippen LogP contribution in [0.1, 0.15) is 30.9 Å². The fourth-order valence-corrected chi connectivity index (χ4v) is 3.36. The van der Waals surface area contributed by atoms with Crippen molar-refractivity contribution in [2.45, 2.75) is 39.0 Å². The van der Waals surface area contributed by atoms with Gasteiger partial charge in [-0.2, -0.15) is 0 Å². The number of benzene rings is 2. The second kappa shape index (κ2) is 11.1. The first-order valence-electron chi connectivity index (χ1n) is 9.48. The molecule has 5 nitrogen and oxygen atoms in total. The Morgan fingerprint density at radius 2 is 1.89 bits per heavy atom. The molecular formula is C22H29ClN2O3. The summed E-state index contributed by atoms with van der Waals surface area (Å²) in [6.07, 6.45) is 1.78. The van der Waals surface area contributed by atoms with E-state index in [-0.39, 0.29) is 24.2 Å². The molecule has 2 aromatic rings. The second-order valence-corrected chi connectivity index (χ2v) is 7.11. The molecule has 1 aliphatic rings. The monoisotopic (exact) mass is 404 g/mol. The Morgan fingerprint density at radius 1 is 1.14 bits per heavy atom. The summed E-state index contributed by atoms with van der Waals surface area (Å²) in [6, 6.07) is 16.1. The number of piperidine rings is 1. The van der Waals surface area contributed by atoms with Crippen molar-refractivity contribution in [1.82, 2.24) is 5.32 Å². The molecular weight excluding hydrogens is 376 g/mol. The predicted octanol–water partition coefficient (Wildman–Crippen LogP) is 4.16. The first-order valence-corrected chi connectivity index (χ1v) is 9.48. The van der Waals surface area contributed by atoms with Gasteiger partial charge in [-0.1, -0.05) is 24.3 Å². The van der Waals surface area contributed by atoms with Crippen LogP contribution in [-0.2, 0) is 22.7 Å². The van der Waals surface area contributed by atoms with E-state index in [1.54, 1.807) is 7.11 Å². The van der Waals surface area contributed by atoms with Gasteiger partial charge >= 0.3 is 0 Å². The van der Waals surface area contributed by atoms with Crippen LogP contribution in [-0.4, -0.2) is 25.6 Å². The van der Waals surface area contributed by atoms with E-state index < -0.39 is 0 Å². The molecule has 152 valence electrons. The summed E-state index contributed by atoms with van der Waals surface area (Å²) in [5, 5.41) is 6.44. The van der Waals surface area contributed by atoms with Crippen LogP contribution < -0.4 is 15.4 Å². The minimum atomic E-state index is 0. The molecule has 1 amide bonds. The molecule has 0 aromatic heterocycles. The lowest BCUT2D eigenvalue weighted by Gasteiger charge is -2.27. The van der Waals surface area contributed by atoms with Gasteiger partial charge in [-0.3, -0.25) is 4.79 Å². The zero-order valence-corrected chi connectivity index (χ0v) is 17.3. The van der Waals surface area contributed by atoms with Crippen molar-refractivity contribution in [3.8, 4) is 5.75 Å². The maximum Gasteiger partial charge on any atom is 0.227 e. The summed E-state index contributed by atoms with van der Waals surface area (Å²) in [5.74, 6) is 1.03. The zero-order valence-electron chi connectivity index (χ0n) is 16.4. The van der Waals surface area contributed by atoms with Gasteiger partial charge in [-0.05, 0) is 61.7 Å². The molecule has 2 aromatic carbocycles. The topological polar surface area (TPSA) is 59.6 Å². The molecule has 0 aliphatic carbocycles. The number of amides is 1. The summed E-state index contributed by atoms with van der Waals surface area (Å²) in [6.45, 7) is 4.06. The SMILES string of the molecule is COc1ccc(COCc2cccc(NC(=O)[C@H]3CCN[C@@H](C)C3)c2)cc1.Cl. The van der Waals surface area contributed by atoms with E-state index in [1.807, 2.05) is 48.5 Å². The molecule has 1 heterocycles. The van der Waals surface area contributed by atoms with Crippen molar-refractivity contribution in [3.05, 3.63) is 59.7 Å². The van der Waals surface area contributed by atoms with Crippen molar-refractivity contribution >= 4 is 24.0 Å². The lowest BCUT2D eigenvalue weighted by Crippen LogP contribution is -2.40. The summed E-state index contributed by atoms with van der Waals surface area (Å²) in [4.78, 5) is 12.5. The fraction of sp³-hybridized carbons (Fsp3) is 0.409. The maximum absolute atomic E-state index is 12.5. The molecule has 1 aliphatic heterocycles. The number of methoxy groups -OCH3 is 1. The van der Waals surface area contributed by atoms with Crippen LogP contribution >= 0.6 is 12.4 Å². The van der Waals surface area contributed by atoms with Crippen LogP contribution in [0.2, 0.25) is 0 Å². The number of rotatable bonds is 7. The number of anilines is 1. The van der Waals surface area contributed by atoms with Crippen LogP contribution in [0.15, 0.2) is 48.5 Å². The molecule has 1 fully saturated rings. The lowest BCUT2D eigenvalue weighted by molar-refractivity contribution is -0.120. The average molecular weight is 405 g/mol. The Hall–Kier alpha value is -2.08. The van der Waals surface area contributed by atoms with Crippen LogP contribution in [0.4, 0.5) is 5.69 Å². The Morgan fingerprint density at radius 3 is 2.61 bits per heavy atom. The Bertz CT molecular complexity index is 752. The Kier molecular flexibility index (Phi) is 8.77. The first kappa shape index (κ1) is 22.2. The van der Waals surface area contributed by atoms with Crippen LogP contribution in [0, 0.1) is 5.92 Å². The van der Waals surface area contributed by atoms with Crippen molar-refractivity contribution in [2.24, 2.45) is 5.92 Å². The summed E-state index contributed by atoms with van der Waals surface area (Å²) < 4.78 is 11.0. The van der Waals surface area contributed by atoms with Gasteiger partial charge in [0.1, 0.15) is 5.75 Å². The number of ether oxygens (including phenoxy) is 2. The van der Waals surface area contributed by atoms with E-state index in [2.05, 4.69) is 17.6 Å². The first-order chi connectivity index (χ1) is 13.1. The highest BCUT2D eigenvalue weighted by Crippen LogP contribution is 2.20. The number of halogens is 1. The van der Waals surface area contributed by atoms with Crippen molar-refractivity contribution < 1.29 is 14.3 Å². The molecule has 2 atom stereocenters. The third-order valence-corrected chi connectivity index (χ3v) is 4.89. The molecule has 0 bridgehead atoms. The quantitative estimate of drug-likeness (QED) is 0.727. The number of hydrogen-bond acceptors (Lipinski definition) is 4. The van der Waals surface area contributed by atoms with E-state index in [0.29, 0.717) is 19.3 Å². The third kappa shape index (κ3) is 6.51. The van der Waals surface area contributed by atoms with Gasteiger partial charge in [0.25, 0.3) is 0 Å². The lowest BCUT2D eigenvalue weighted by atomic mass is 9.92. The molecule has 0 radical (unpaired) electrons. The predicted molar refractivity (Wildman–Crippen MR) is 114 cm³/mol. The molecule has 0 unspecified atom stereocenters. The van der Waals surface area contributed by atoms with Crippen LogP contribution in [0.25, 0.3) is 0 Å². The standard InChI is InChI=1S/C22H28N2O3.ClH/c1-16-12-19(10-11-23-16)22(25)24-20-5-3-4-18(13-20)15-27-14-17-6-8-21(26-2)9-7-17;/h3-9,13,16,19,23H,10-12,14-15H2,1-2H3,(H,24,25);1H/t16-,19-;/m0./s1. The van der Waals surface area contributed by atoms with E-state index in [0.717, 1.165) is 42.0 Å². The smallest absolute Gasteiger partial charge is 0.227 e. The number of hydrogen-bond donors (Lipinski definition) is 2. The van der Waals surface area contributed by atoms with E-state index in [1.165, 1.54) is 0 Å². The molecule has 6 heteroatoms. The summed E-state index contributed by atoms with van der Waals surface area (Å²) >= 11 is 0. The highest BCUT2D eigenvalue weighted by molar-refractivity contribution is 5.92. The van der Waals surface area contributed by atoms with Gasteiger partial charge in [0.15, 0.2) is 0 Å². The van der Waals surface area contributed by atoms with Crippen molar-refractivity contribution in [3.63, 3.8) is 0 Å². The molecule has 0 spiro atoms. The van der Waals surface area contributed by atoms with Gasteiger partial charge < -0.3 is 20.1 Å². The Labute approximate surface area is 173 Å².